The molecule has 6 nitrogen and oxygen atoms in total. The van der Waals surface area contributed by atoms with E-state index in [9.17, 15) is 0 Å². The Morgan fingerprint density at radius 3 is 2.48 bits per heavy atom. The number of hydrogen-bond acceptors (Lipinski definition) is 5. The number of allylic oxidation sites excluding steroid dienone is 3. The van der Waals surface area contributed by atoms with Crippen molar-refractivity contribution in [2.45, 2.75) is 53.6 Å². The summed E-state index contributed by atoms with van der Waals surface area (Å²) >= 11 is 0. The summed E-state index contributed by atoms with van der Waals surface area (Å²) in [6.45, 7) is 13.9. The highest BCUT2D eigenvalue weighted by Gasteiger charge is 2.11. The molecule has 1 aromatic carbocycles. The zero-order chi connectivity index (χ0) is 20.2. The molecule has 3 rings (SSSR count). The maximum atomic E-state index is 5.67. The van der Waals surface area contributed by atoms with Crippen molar-refractivity contribution >= 4 is 10.9 Å². The van der Waals surface area contributed by atoms with Crippen LogP contribution in [-0.2, 0) is 6.54 Å². The predicted molar refractivity (Wildman–Crippen MR) is 111 cm³/mol. The molecule has 0 aliphatic heterocycles. The fraction of sp³-hybridized carbons (Fsp3) is 0.381. The van der Waals surface area contributed by atoms with Crippen molar-refractivity contribution in [1.29, 1.82) is 0 Å². The number of fused-ring (bicyclic) bond motifs is 1. The molecule has 0 saturated carbocycles. The molecule has 0 aliphatic rings. The van der Waals surface area contributed by atoms with Gasteiger partial charge in [0.1, 0.15) is 6.54 Å². The maximum absolute atomic E-state index is 5.67. The van der Waals surface area contributed by atoms with Crippen molar-refractivity contribution in [3.05, 3.63) is 66.5 Å². The van der Waals surface area contributed by atoms with Crippen LogP contribution in [0, 0.1) is 0 Å². The molecule has 0 fully saturated rings. The first kappa shape index (κ1) is 22.3. The van der Waals surface area contributed by atoms with E-state index in [1.54, 1.807) is 13.0 Å². The Bertz CT molecular complexity index is 841. The Labute approximate surface area is 161 Å². The molecular weight excluding hydrogens is 338 g/mol. The van der Waals surface area contributed by atoms with E-state index in [1.807, 2.05) is 42.1 Å². The summed E-state index contributed by atoms with van der Waals surface area (Å²) in [6, 6.07) is 7.72. The maximum Gasteiger partial charge on any atom is 0.238 e. The Morgan fingerprint density at radius 1 is 1.30 bits per heavy atom. The average Bonchev–Trinajstić information content (AvgIpc) is 3.24. The van der Waals surface area contributed by atoms with Gasteiger partial charge < -0.3 is 10.2 Å². The molecule has 0 radical (unpaired) electrons. The number of rotatable bonds is 4. The standard InChI is InChI=1S/C12H13N5O.C6H12.C3H6/c1-8(13)12-16-15-11(18-12)7-17-10-5-3-2-4-9(10)6-14-17;1-4-5-6(2)3;1-3-2/h2-6,8H,7,13H2,1H3;5H,4H2,1-3H3;3H,1H2,2H3/t8-;;/m0../s1. The lowest BCUT2D eigenvalue weighted by atomic mass is 10.3. The lowest BCUT2D eigenvalue weighted by Crippen LogP contribution is -2.04. The number of aromatic nitrogens is 4. The summed E-state index contributed by atoms with van der Waals surface area (Å²) in [7, 11) is 0. The van der Waals surface area contributed by atoms with Gasteiger partial charge in [0.05, 0.1) is 17.8 Å². The van der Waals surface area contributed by atoms with Crippen molar-refractivity contribution < 1.29 is 4.42 Å². The summed E-state index contributed by atoms with van der Waals surface area (Å²) < 4.78 is 7.29. The summed E-state index contributed by atoms with van der Waals surface area (Å²) in [6.07, 6.45) is 6.94. The Hall–Kier alpha value is -2.73. The Morgan fingerprint density at radius 2 is 1.96 bits per heavy atom. The van der Waals surface area contributed by atoms with Crippen LogP contribution in [0.3, 0.4) is 0 Å². The number of benzene rings is 1. The molecule has 2 aromatic heterocycles. The van der Waals surface area contributed by atoms with Gasteiger partial charge in [-0.3, -0.25) is 4.68 Å². The highest BCUT2D eigenvalue weighted by molar-refractivity contribution is 5.78. The van der Waals surface area contributed by atoms with Crippen LogP contribution in [0.15, 0.2) is 59.2 Å². The molecule has 0 aliphatic carbocycles. The van der Waals surface area contributed by atoms with Crippen LogP contribution in [0.2, 0.25) is 0 Å². The van der Waals surface area contributed by atoms with Crippen molar-refractivity contribution in [3.8, 4) is 0 Å². The molecule has 1 atom stereocenters. The van der Waals surface area contributed by atoms with Crippen LogP contribution in [0.5, 0.6) is 0 Å². The van der Waals surface area contributed by atoms with E-state index < -0.39 is 0 Å². The Balaban J connectivity index is 0.000000343. The summed E-state index contributed by atoms with van der Waals surface area (Å²) in [4.78, 5) is 0. The van der Waals surface area contributed by atoms with Gasteiger partial charge in [-0.1, -0.05) is 42.8 Å². The summed E-state index contributed by atoms with van der Waals surface area (Å²) in [5.41, 5.74) is 8.13. The zero-order valence-corrected chi connectivity index (χ0v) is 17.0. The molecule has 6 heteroatoms. The van der Waals surface area contributed by atoms with Gasteiger partial charge in [0.15, 0.2) is 0 Å². The van der Waals surface area contributed by atoms with Gasteiger partial charge in [-0.15, -0.1) is 16.8 Å². The lowest BCUT2D eigenvalue weighted by molar-refractivity contribution is 0.414. The van der Waals surface area contributed by atoms with E-state index in [1.165, 1.54) is 12.0 Å². The zero-order valence-electron chi connectivity index (χ0n) is 17.0. The second-order valence-corrected chi connectivity index (χ2v) is 6.28. The lowest BCUT2D eigenvalue weighted by Gasteiger charge is -1.99. The van der Waals surface area contributed by atoms with E-state index in [2.05, 4.69) is 48.7 Å². The SMILES string of the molecule is C=CC.CCC=C(C)C.C[C@H](N)c1nnc(Cn2ncc3ccccc32)o1. The van der Waals surface area contributed by atoms with Crippen molar-refractivity contribution in [2.24, 2.45) is 5.73 Å². The van der Waals surface area contributed by atoms with Crippen LogP contribution in [0.25, 0.3) is 10.9 Å². The number of nitrogens with zero attached hydrogens (tertiary/aromatic N) is 4. The molecule has 0 unspecified atom stereocenters. The van der Waals surface area contributed by atoms with E-state index in [4.69, 9.17) is 10.2 Å². The van der Waals surface area contributed by atoms with Gasteiger partial charge in [0.25, 0.3) is 0 Å². The topological polar surface area (TPSA) is 82.8 Å². The quantitative estimate of drug-likeness (QED) is 0.651. The fourth-order valence-corrected chi connectivity index (χ4v) is 2.20. The molecule has 2 heterocycles. The monoisotopic (exact) mass is 369 g/mol. The molecular formula is C21H31N5O. The van der Waals surface area contributed by atoms with Crippen LogP contribution in [0.4, 0.5) is 0 Å². The van der Waals surface area contributed by atoms with E-state index >= 15 is 0 Å². The van der Waals surface area contributed by atoms with E-state index in [0.29, 0.717) is 18.3 Å². The fourth-order valence-electron chi connectivity index (χ4n) is 2.20. The van der Waals surface area contributed by atoms with Crippen LogP contribution in [0.1, 0.15) is 58.9 Å². The van der Waals surface area contributed by atoms with Crippen LogP contribution in [-0.4, -0.2) is 20.0 Å². The second kappa shape index (κ2) is 11.8. The predicted octanol–water partition coefficient (Wildman–Crippen LogP) is 5.04. The molecule has 2 N–H and O–H groups in total. The minimum Gasteiger partial charge on any atom is -0.422 e. The first-order chi connectivity index (χ1) is 12.9. The highest BCUT2D eigenvalue weighted by Crippen LogP contribution is 2.15. The van der Waals surface area contributed by atoms with Gasteiger partial charge in [-0.05, 0) is 40.2 Å². The molecule has 146 valence electrons. The minimum absolute atomic E-state index is 0.249. The highest BCUT2D eigenvalue weighted by atomic mass is 16.4. The molecule has 27 heavy (non-hydrogen) atoms. The smallest absolute Gasteiger partial charge is 0.238 e. The third-order valence-electron chi connectivity index (χ3n) is 3.32. The third kappa shape index (κ3) is 7.58. The first-order valence-electron chi connectivity index (χ1n) is 9.11. The van der Waals surface area contributed by atoms with Gasteiger partial charge in [0, 0.05) is 5.39 Å². The molecule has 3 aromatic rings. The molecule has 0 spiro atoms. The number of para-hydroxylation sites is 1. The number of nitrogens with two attached hydrogens (primary N) is 1. The average molecular weight is 370 g/mol. The van der Waals surface area contributed by atoms with Gasteiger partial charge in [0.2, 0.25) is 11.8 Å². The van der Waals surface area contributed by atoms with E-state index in [-0.39, 0.29) is 6.04 Å². The summed E-state index contributed by atoms with van der Waals surface area (Å²) in [5.74, 6) is 0.956. The van der Waals surface area contributed by atoms with Gasteiger partial charge in [-0.25, -0.2) is 0 Å². The largest absolute Gasteiger partial charge is 0.422 e. The normalized spacial score (nSPS) is 10.9. The Kier molecular flexibility index (Phi) is 9.75. The van der Waals surface area contributed by atoms with Gasteiger partial charge in [-0.2, -0.15) is 5.10 Å². The van der Waals surface area contributed by atoms with Crippen LogP contribution < -0.4 is 5.73 Å². The second-order valence-electron chi connectivity index (χ2n) is 6.28. The van der Waals surface area contributed by atoms with Crippen LogP contribution >= 0.6 is 0 Å². The van der Waals surface area contributed by atoms with Crippen molar-refractivity contribution in [3.63, 3.8) is 0 Å². The molecule has 0 bridgehead atoms. The first-order valence-corrected chi connectivity index (χ1v) is 9.11. The number of hydrogen-bond donors (Lipinski definition) is 1. The van der Waals surface area contributed by atoms with Crippen molar-refractivity contribution in [1.82, 2.24) is 20.0 Å². The molecule has 0 saturated heterocycles. The third-order valence-corrected chi connectivity index (χ3v) is 3.32. The minimum atomic E-state index is -0.249. The van der Waals surface area contributed by atoms with Gasteiger partial charge >= 0.3 is 0 Å². The van der Waals surface area contributed by atoms with E-state index in [0.717, 1.165) is 10.9 Å². The van der Waals surface area contributed by atoms with Crippen molar-refractivity contribution in [2.75, 3.05) is 0 Å². The molecule has 0 amide bonds. The summed E-state index contributed by atoms with van der Waals surface area (Å²) in [5, 5.41) is 13.2.